The van der Waals surface area contributed by atoms with Crippen LogP contribution >= 0.6 is 23.1 Å². The third kappa shape index (κ3) is 5.58. The highest BCUT2D eigenvalue weighted by Gasteiger charge is 2.16. The Hall–Kier alpha value is -2.05. The number of thioether (sulfide) groups is 1. The maximum Gasteiger partial charge on any atom is 0.233 e. The zero-order valence-corrected chi connectivity index (χ0v) is 14.3. The summed E-state index contributed by atoms with van der Waals surface area (Å²) in [6, 6.07) is 5.66. The Kier molecular flexibility index (Phi) is 6.90. The molecule has 0 radical (unpaired) electrons. The van der Waals surface area contributed by atoms with Crippen LogP contribution in [0, 0.1) is 11.3 Å². The summed E-state index contributed by atoms with van der Waals surface area (Å²) in [5.74, 6) is 0.904. The zero-order valence-electron chi connectivity index (χ0n) is 12.7. The van der Waals surface area contributed by atoms with Crippen LogP contribution in [0.15, 0.2) is 27.2 Å². The Balaban J connectivity index is 1.89. The number of hydrogen-bond acceptors (Lipinski definition) is 8. The average Bonchev–Trinajstić information content (AvgIpc) is 3.21. The number of nitriles is 1. The monoisotopic (exact) mass is 351 g/mol. The molecule has 0 fully saturated rings. The summed E-state index contributed by atoms with van der Waals surface area (Å²) >= 11 is 2.77. The summed E-state index contributed by atoms with van der Waals surface area (Å²) < 4.78 is 6.02. The van der Waals surface area contributed by atoms with Crippen molar-refractivity contribution in [3.63, 3.8) is 0 Å². The van der Waals surface area contributed by atoms with Crippen LogP contribution in [0.25, 0.3) is 0 Å². The molecule has 0 aromatic carbocycles. The van der Waals surface area contributed by atoms with Gasteiger partial charge in [0, 0.05) is 13.1 Å². The molecular weight excluding hydrogens is 334 g/mol. The molecule has 2 aromatic heterocycles. The minimum atomic E-state index is -0.0538. The van der Waals surface area contributed by atoms with Gasteiger partial charge in [-0.3, -0.25) is 4.79 Å². The highest BCUT2D eigenvalue weighted by atomic mass is 32.2. The van der Waals surface area contributed by atoms with E-state index in [1.54, 1.807) is 17.2 Å². The molecule has 23 heavy (non-hydrogen) atoms. The molecule has 7 nitrogen and oxygen atoms in total. The molecule has 0 aliphatic rings. The number of anilines is 1. The van der Waals surface area contributed by atoms with Gasteiger partial charge in [0.1, 0.15) is 5.76 Å². The average molecular weight is 351 g/mol. The molecule has 2 aromatic rings. The third-order valence-electron chi connectivity index (χ3n) is 2.83. The lowest BCUT2D eigenvalue weighted by atomic mass is 10.3. The quantitative estimate of drug-likeness (QED) is 0.694. The van der Waals surface area contributed by atoms with E-state index in [1.165, 1.54) is 23.1 Å². The zero-order chi connectivity index (χ0) is 16.5. The normalized spacial score (nSPS) is 10.3. The first-order chi connectivity index (χ1) is 11.2. The van der Waals surface area contributed by atoms with Crippen molar-refractivity contribution >= 4 is 34.1 Å². The maximum absolute atomic E-state index is 12.4. The maximum atomic E-state index is 12.4. The molecule has 0 aliphatic heterocycles. The van der Waals surface area contributed by atoms with Crippen molar-refractivity contribution in [2.75, 3.05) is 24.2 Å². The highest BCUT2D eigenvalue weighted by molar-refractivity contribution is 8.01. The Bertz CT molecular complexity index is 650. The number of nitrogens with zero attached hydrogens (tertiary/aromatic N) is 4. The van der Waals surface area contributed by atoms with Gasteiger partial charge in [0.15, 0.2) is 4.34 Å². The molecule has 1 amide bonds. The molecule has 0 saturated heterocycles. The number of carbonyl (C=O) groups is 1. The molecule has 2 rings (SSSR count). The van der Waals surface area contributed by atoms with Gasteiger partial charge in [-0.2, -0.15) is 5.26 Å². The van der Waals surface area contributed by atoms with Gasteiger partial charge < -0.3 is 14.6 Å². The predicted molar refractivity (Wildman–Crippen MR) is 89.2 cm³/mol. The first-order valence-electron chi connectivity index (χ1n) is 7.10. The number of nitrogens with one attached hydrogen (secondary N) is 1. The van der Waals surface area contributed by atoms with Gasteiger partial charge in [-0.15, -0.1) is 10.2 Å². The van der Waals surface area contributed by atoms with Crippen LogP contribution in [0.1, 0.15) is 19.1 Å². The molecule has 0 aliphatic carbocycles. The topological polar surface area (TPSA) is 95.0 Å². The minimum absolute atomic E-state index is 0.0538. The van der Waals surface area contributed by atoms with Gasteiger partial charge in [0.05, 0.1) is 31.1 Å². The highest BCUT2D eigenvalue weighted by Crippen LogP contribution is 2.25. The summed E-state index contributed by atoms with van der Waals surface area (Å²) in [7, 11) is 0. The molecule has 0 spiro atoms. The van der Waals surface area contributed by atoms with Crippen LogP contribution in [0.3, 0.4) is 0 Å². The smallest absolute Gasteiger partial charge is 0.233 e. The number of hydrogen-bond donors (Lipinski definition) is 1. The van der Waals surface area contributed by atoms with Crippen molar-refractivity contribution in [1.29, 1.82) is 5.26 Å². The predicted octanol–water partition coefficient (Wildman–Crippen LogP) is 2.60. The van der Waals surface area contributed by atoms with E-state index in [0.717, 1.165) is 16.0 Å². The number of carbonyl (C=O) groups excluding carboxylic acids is 1. The van der Waals surface area contributed by atoms with Crippen LogP contribution in [-0.2, 0) is 11.3 Å². The first-order valence-corrected chi connectivity index (χ1v) is 8.90. The van der Waals surface area contributed by atoms with Gasteiger partial charge in [0.2, 0.25) is 11.0 Å². The van der Waals surface area contributed by atoms with Gasteiger partial charge in [-0.05, 0) is 19.1 Å². The van der Waals surface area contributed by atoms with E-state index in [9.17, 15) is 4.79 Å². The van der Waals surface area contributed by atoms with Crippen LogP contribution in [0.5, 0.6) is 0 Å². The number of furan rings is 1. The van der Waals surface area contributed by atoms with Crippen LogP contribution in [0.4, 0.5) is 5.13 Å². The fourth-order valence-electron chi connectivity index (χ4n) is 1.77. The second-order valence-electron chi connectivity index (χ2n) is 4.49. The van der Waals surface area contributed by atoms with E-state index < -0.39 is 0 Å². The molecule has 0 unspecified atom stereocenters. The second kappa shape index (κ2) is 9.17. The van der Waals surface area contributed by atoms with E-state index in [0.29, 0.717) is 25.3 Å². The standard InChI is InChI=1S/C14H17N5O2S2/c1-2-16-13-17-18-14(23-13)22-10-12(20)19(7-4-6-15)9-11-5-3-8-21-11/h3,5,8H,2,4,7,9-10H2,1H3,(H,16,17). The molecule has 1 N–H and O–H groups in total. The fraction of sp³-hybridized carbons (Fsp3) is 0.429. The van der Waals surface area contributed by atoms with Crippen molar-refractivity contribution < 1.29 is 9.21 Å². The van der Waals surface area contributed by atoms with E-state index in [2.05, 4.69) is 21.6 Å². The van der Waals surface area contributed by atoms with E-state index in [1.807, 2.05) is 13.0 Å². The molecule has 2 heterocycles. The Morgan fingerprint density at radius 3 is 3.13 bits per heavy atom. The molecule has 9 heteroatoms. The molecule has 0 atom stereocenters. The number of aromatic nitrogens is 2. The lowest BCUT2D eigenvalue weighted by Gasteiger charge is -2.19. The molecule has 0 bridgehead atoms. The van der Waals surface area contributed by atoms with Crippen LogP contribution in [0.2, 0.25) is 0 Å². The Morgan fingerprint density at radius 2 is 2.43 bits per heavy atom. The van der Waals surface area contributed by atoms with Gasteiger partial charge >= 0.3 is 0 Å². The molecule has 0 saturated carbocycles. The van der Waals surface area contributed by atoms with E-state index in [-0.39, 0.29) is 11.7 Å². The van der Waals surface area contributed by atoms with Crippen molar-refractivity contribution in [1.82, 2.24) is 15.1 Å². The third-order valence-corrected chi connectivity index (χ3v) is 4.83. The van der Waals surface area contributed by atoms with E-state index >= 15 is 0 Å². The van der Waals surface area contributed by atoms with Crippen LogP contribution < -0.4 is 5.32 Å². The first kappa shape index (κ1) is 17.3. The van der Waals surface area contributed by atoms with E-state index in [4.69, 9.17) is 9.68 Å². The van der Waals surface area contributed by atoms with Gasteiger partial charge in [0.25, 0.3) is 0 Å². The second-order valence-corrected chi connectivity index (χ2v) is 6.69. The van der Waals surface area contributed by atoms with Crippen molar-refractivity contribution in [3.05, 3.63) is 24.2 Å². The van der Waals surface area contributed by atoms with Crippen LogP contribution in [-0.4, -0.2) is 39.8 Å². The summed E-state index contributed by atoms with van der Waals surface area (Å²) in [5, 5.41) is 20.6. The molecule has 122 valence electrons. The van der Waals surface area contributed by atoms with Gasteiger partial charge in [-0.25, -0.2) is 0 Å². The fourth-order valence-corrected chi connectivity index (χ4v) is 3.50. The SMILES string of the molecule is CCNc1nnc(SCC(=O)N(CCC#N)Cc2ccco2)s1. The summed E-state index contributed by atoms with van der Waals surface area (Å²) in [6.45, 7) is 3.52. The number of amides is 1. The largest absolute Gasteiger partial charge is 0.467 e. The summed E-state index contributed by atoms with van der Waals surface area (Å²) in [6.07, 6.45) is 1.86. The summed E-state index contributed by atoms with van der Waals surface area (Å²) in [5.41, 5.74) is 0. The minimum Gasteiger partial charge on any atom is -0.467 e. The number of rotatable bonds is 9. The lowest BCUT2D eigenvalue weighted by Crippen LogP contribution is -2.32. The van der Waals surface area contributed by atoms with Gasteiger partial charge in [-0.1, -0.05) is 23.1 Å². The molecular formula is C14H17N5O2S2. The van der Waals surface area contributed by atoms with Crippen molar-refractivity contribution in [2.24, 2.45) is 0 Å². The summed E-state index contributed by atoms with van der Waals surface area (Å²) in [4.78, 5) is 14.0. The van der Waals surface area contributed by atoms with Crippen molar-refractivity contribution in [2.45, 2.75) is 24.2 Å². The van der Waals surface area contributed by atoms with Crippen molar-refractivity contribution in [3.8, 4) is 6.07 Å². The Morgan fingerprint density at radius 1 is 1.57 bits per heavy atom. The lowest BCUT2D eigenvalue weighted by molar-refractivity contribution is -0.129. The Labute approximate surface area is 142 Å².